The molecule has 25 heavy (non-hydrogen) atoms. The van der Waals surface area contributed by atoms with Gasteiger partial charge in [-0.2, -0.15) is 0 Å². The monoisotopic (exact) mass is 361 g/mol. The molecule has 2 aromatic heterocycles. The molecule has 0 bridgehead atoms. The summed E-state index contributed by atoms with van der Waals surface area (Å²) < 4.78 is 1.87. The average Bonchev–Trinajstić information content (AvgIpc) is 3.18. The first-order valence-corrected chi connectivity index (χ1v) is 8.11. The van der Waals surface area contributed by atoms with Crippen molar-refractivity contribution in [1.29, 1.82) is 0 Å². The van der Waals surface area contributed by atoms with Crippen LogP contribution in [-0.2, 0) is 0 Å². The second kappa shape index (κ2) is 7.20. The van der Waals surface area contributed by atoms with Crippen LogP contribution in [0.25, 0.3) is 11.0 Å². The number of nitrogens with one attached hydrogen (secondary N) is 3. The topological polar surface area (TPSA) is 101 Å². The van der Waals surface area contributed by atoms with Crippen LogP contribution in [0.1, 0.15) is 35.1 Å². The molecule has 1 amide bonds. The molecule has 9 heteroatoms. The maximum atomic E-state index is 12.5. The van der Waals surface area contributed by atoms with Gasteiger partial charge in [-0.15, -0.1) is 17.5 Å². The molecule has 1 fully saturated rings. The van der Waals surface area contributed by atoms with Gasteiger partial charge in [-0.05, 0) is 45.0 Å². The fourth-order valence-electron chi connectivity index (χ4n) is 3.13. The average molecular weight is 362 g/mol. The summed E-state index contributed by atoms with van der Waals surface area (Å²) in [5.74, 6) is 0.115. The van der Waals surface area contributed by atoms with E-state index in [2.05, 4.69) is 30.9 Å². The number of para-hydroxylation sites is 2. The highest BCUT2D eigenvalue weighted by Gasteiger charge is 2.23. The van der Waals surface area contributed by atoms with E-state index in [1.807, 2.05) is 35.9 Å². The lowest BCUT2D eigenvalue weighted by molar-refractivity contribution is 0.102. The molecular formula is C16H20ClN7O. The molecule has 0 atom stereocenters. The lowest BCUT2D eigenvalue weighted by atomic mass is 10.1. The van der Waals surface area contributed by atoms with Gasteiger partial charge in [-0.25, -0.2) is 9.67 Å². The maximum absolute atomic E-state index is 12.5. The van der Waals surface area contributed by atoms with Crippen molar-refractivity contribution in [2.45, 2.75) is 25.8 Å². The number of imidazole rings is 1. The second-order valence-corrected chi connectivity index (χ2v) is 6.01. The number of hydrogen-bond acceptors (Lipinski definition) is 5. The lowest BCUT2D eigenvalue weighted by Gasteiger charge is -2.23. The van der Waals surface area contributed by atoms with Crippen LogP contribution < -0.4 is 10.6 Å². The minimum atomic E-state index is -0.299. The summed E-state index contributed by atoms with van der Waals surface area (Å²) >= 11 is 0. The summed E-state index contributed by atoms with van der Waals surface area (Å²) in [6, 6.07) is 7.92. The predicted octanol–water partition coefficient (Wildman–Crippen LogP) is 2.06. The number of aromatic amines is 1. The molecule has 1 aromatic carbocycles. The Morgan fingerprint density at radius 2 is 2.04 bits per heavy atom. The van der Waals surface area contributed by atoms with E-state index in [0.717, 1.165) is 42.7 Å². The van der Waals surface area contributed by atoms with Crippen LogP contribution in [0, 0.1) is 6.92 Å². The summed E-state index contributed by atoms with van der Waals surface area (Å²) in [6.07, 6.45) is 1.99. The number of aromatic nitrogens is 5. The van der Waals surface area contributed by atoms with Gasteiger partial charge in [-0.1, -0.05) is 17.3 Å². The standard InChI is InChI=1S/C16H19N7O.ClH/c1-10-14(21-22-23(10)11-6-8-17-9-7-11)15(24)20-16-18-12-4-2-3-5-13(12)19-16;/h2-5,11,17H,6-9H2,1H3,(H2,18,19,20,24);1H. The van der Waals surface area contributed by atoms with Crippen molar-refractivity contribution >= 4 is 35.3 Å². The molecule has 0 saturated carbocycles. The third-order valence-corrected chi connectivity index (χ3v) is 4.42. The van der Waals surface area contributed by atoms with Gasteiger partial charge in [0.1, 0.15) is 0 Å². The zero-order chi connectivity index (χ0) is 16.5. The van der Waals surface area contributed by atoms with Gasteiger partial charge in [-0.3, -0.25) is 10.1 Å². The Morgan fingerprint density at radius 1 is 1.28 bits per heavy atom. The Hall–Kier alpha value is -2.45. The van der Waals surface area contributed by atoms with Crippen molar-refractivity contribution in [3.8, 4) is 0 Å². The Morgan fingerprint density at radius 3 is 2.80 bits per heavy atom. The largest absolute Gasteiger partial charge is 0.324 e. The second-order valence-electron chi connectivity index (χ2n) is 6.01. The van der Waals surface area contributed by atoms with Crippen molar-refractivity contribution in [1.82, 2.24) is 30.3 Å². The Balaban J connectivity index is 0.00000182. The number of hydrogen-bond donors (Lipinski definition) is 3. The van der Waals surface area contributed by atoms with Crippen molar-refractivity contribution < 1.29 is 4.79 Å². The van der Waals surface area contributed by atoms with Gasteiger partial charge in [0.05, 0.1) is 22.8 Å². The third-order valence-electron chi connectivity index (χ3n) is 4.42. The first-order chi connectivity index (χ1) is 11.7. The number of rotatable bonds is 3. The van der Waals surface area contributed by atoms with E-state index in [1.54, 1.807) is 0 Å². The summed E-state index contributed by atoms with van der Waals surface area (Å²) in [7, 11) is 0. The van der Waals surface area contributed by atoms with Crippen LogP contribution in [0.2, 0.25) is 0 Å². The molecule has 0 radical (unpaired) electrons. The number of carbonyl (C=O) groups is 1. The number of anilines is 1. The molecule has 3 N–H and O–H groups in total. The number of H-pyrrole nitrogens is 1. The van der Waals surface area contributed by atoms with Crippen LogP contribution in [0.15, 0.2) is 24.3 Å². The minimum Gasteiger partial charge on any atom is -0.324 e. The fourth-order valence-corrected chi connectivity index (χ4v) is 3.13. The molecule has 1 aliphatic rings. The van der Waals surface area contributed by atoms with E-state index >= 15 is 0 Å². The Bertz CT molecular complexity index is 849. The first-order valence-electron chi connectivity index (χ1n) is 8.11. The number of carbonyl (C=O) groups excluding carboxylic acids is 1. The van der Waals surface area contributed by atoms with Gasteiger partial charge >= 0.3 is 0 Å². The molecular weight excluding hydrogens is 342 g/mol. The maximum Gasteiger partial charge on any atom is 0.280 e. The number of piperidine rings is 1. The molecule has 8 nitrogen and oxygen atoms in total. The molecule has 4 rings (SSSR count). The lowest BCUT2D eigenvalue weighted by Crippen LogP contribution is -2.30. The van der Waals surface area contributed by atoms with Crippen molar-refractivity contribution in [3.63, 3.8) is 0 Å². The number of fused-ring (bicyclic) bond motifs is 1. The van der Waals surface area contributed by atoms with Crippen LogP contribution in [0.4, 0.5) is 5.95 Å². The van der Waals surface area contributed by atoms with Gasteiger partial charge in [0.15, 0.2) is 5.69 Å². The van der Waals surface area contributed by atoms with Crippen LogP contribution in [0.5, 0.6) is 0 Å². The summed E-state index contributed by atoms with van der Waals surface area (Å²) in [6.45, 7) is 3.81. The molecule has 1 aliphatic heterocycles. The number of nitrogens with zero attached hydrogens (tertiary/aromatic N) is 4. The zero-order valence-corrected chi connectivity index (χ0v) is 14.6. The smallest absolute Gasteiger partial charge is 0.280 e. The predicted molar refractivity (Wildman–Crippen MR) is 97.2 cm³/mol. The third kappa shape index (κ3) is 3.35. The van der Waals surface area contributed by atoms with E-state index in [4.69, 9.17) is 0 Å². The van der Waals surface area contributed by atoms with Crippen LogP contribution in [-0.4, -0.2) is 44.0 Å². The van der Waals surface area contributed by atoms with E-state index in [0.29, 0.717) is 17.7 Å². The molecule has 3 aromatic rings. The normalized spacial score (nSPS) is 15.1. The van der Waals surface area contributed by atoms with Gasteiger partial charge in [0.25, 0.3) is 5.91 Å². The molecule has 132 valence electrons. The van der Waals surface area contributed by atoms with E-state index in [9.17, 15) is 4.79 Å². The van der Waals surface area contributed by atoms with Crippen molar-refractivity contribution in [2.75, 3.05) is 18.4 Å². The molecule has 0 aliphatic carbocycles. The number of amides is 1. The number of benzene rings is 1. The van der Waals surface area contributed by atoms with Crippen LogP contribution in [0.3, 0.4) is 0 Å². The van der Waals surface area contributed by atoms with Gasteiger partial charge in [0.2, 0.25) is 5.95 Å². The van der Waals surface area contributed by atoms with Gasteiger partial charge < -0.3 is 10.3 Å². The Labute approximate surface area is 150 Å². The van der Waals surface area contributed by atoms with E-state index < -0.39 is 0 Å². The molecule has 1 saturated heterocycles. The summed E-state index contributed by atoms with van der Waals surface area (Å²) in [5.41, 5.74) is 2.82. The fraction of sp³-hybridized carbons (Fsp3) is 0.375. The Kier molecular flexibility index (Phi) is 5.00. The number of halogens is 1. The van der Waals surface area contributed by atoms with Gasteiger partial charge in [0, 0.05) is 0 Å². The van der Waals surface area contributed by atoms with Crippen molar-refractivity contribution in [2.24, 2.45) is 0 Å². The van der Waals surface area contributed by atoms with Crippen molar-refractivity contribution in [3.05, 3.63) is 35.7 Å². The zero-order valence-electron chi connectivity index (χ0n) is 13.8. The molecule has 3 heterocycles. The highest BCUT2D eigenvalue weighted by Crippen LogP contribution is 2.21. The molecule has 0 unspecified atom stereocenters. The minimum absolute atomic E-state index is 0. The first kappa shape index (κ1) is 17.4. The summed E-state index contributed by atoms with van der Waals surface area (Å²) in [5, 5.41) is 14.4. The SMILES string of the molecule is Cc1c(C(=O)Nc2nc3ccccc3[nH]2)nnn1C1CCNCC1.Cl. The van der Waals surface area contributed by atoms with Crippen LogP contribution >= 0.6 is 12.4 Å². The highest BCUT2D eigenvalue weighted by molar-refractivity contribution is 6.03. The van der Waals surface area contributed by atoms with E-state index in [1.165, 1.54) is 0 Å². The van der Waals surface area contributed by atoms with E-state index in [-0.39, 0.29) is 18.3 Å². The quantitative estimate of drug-likeness (QED) is 0.663. The summed E-state index contributed by atoms with van der Waals surface area (Å²) in [4.78, 5) is 19.9. The molecule has 0 spiro atoms. The highest BCUT2D eigenvalue weighted by atomic mass is 35.5.